The van der Waals surface area contributed by atoms with Gasteiger partial charge in [-0.05, 0) is 61.7 Å². The summed E-state index contributed by atoms with van der Waals surface area (Å²) >= 11 is 0. The van der Waals surface area contributed by atoms with E-state index >= 15 is 0 Å². The Balaban J connectivity index is 1.71. The zero-order chi connectivity index (χ0) is 18.8. The van der Waals surface area contributed by atoms with Crippen LogP contribution in [0.4, 0.5) is 5.69 Å². The predicted molar refractivity (Wildman–Crippen MR) is 103 cm³/mol. The maximum atomic E-state index is 12.0. The van der Waals surface area contributed by atoms with E-state index in [-0.39, 0.29) is 11.8 Å². The van der Waals surface area contributed by atoms with Crippen molar-refractivity contribution < 1.29 is 14.3 Å². The van der Waals surface area contributed by atoms with Gasteiger partial charge in [-0.25, -0.2) is 0 Å². The van der Waals surface area contributed by atoms with Gasteiger partial charge in [0.2, 0.25) is 11.8 Å². The number of carbonyl (C=O) groups is 2. The van der Waals surface area contributed by atoms with Crippen LogP contribution in [0.1, 0.15) is 38.2 Å². The molecule has 0 saturated heterocycles. The zero-order valence-corrected chi connectivity index (χ0v) is 15.4. The SMILES string of the molecule is CC(=O)NCCCCCC(=O)Nc1ccc(Oc2cccc(C)c2)cc1. The summed E-state index contributed by atoms with van der Waals surface area (Å²) in [7, 11) is 0. The second-order valence-electron chi connectivity index (χ2n) is 6.28. The molecule has 0 aliphatic carbocycles. The fraction of sp³-hybridized carbons (Fsp3) is 0.333. The van der Waals surface area contributed by atoms with Crippen LogP contribution in [0.3, 0.4) is 0 Å². The normalized spacial score (nSPS) is 10.2. The fourth-order valence-electron chi connectivity index (χ4n) is 2.50. The molecule has 0 bridgehead atoms. The molecule has 2 rings (SSSR count). The molecule has 0 unspecified atom stereocenters. The number of aryl methyl sites for hydroxylation is 1. The molecule has 2 aromatic rings. The number of nitrogens with one attached hydrogen (secondary N) is 2. The van der Waals surface area contributed by atoms with E-state index in [9.17, 15) is 9.59 Å². The van der Waals surface area contributed by atoms with Crippen LogP contribution in [0.25, 0.3) is 0 Å². The van der Waals surface area contributed by atoms with Crippen molar-refractivity contribution in [1.29, 1.82) is 0 Å². The number of unbranched alkanes of at least 4 members (excludes halogenated alkanes) is 2. The lowest BCUT2D eigenvalue weighted by Crippen LogP contribution is -2.20. The molecule has 26 heavy (non-hydrogen) atoms. The number of carbonyl (C=O) groups excluding carboxylic acids is 2. The number of ether oxygens (including phenoxy) is 1. The largest absolute Gasteiger partial charge is 0.457 e. The number of hydrogen-bond donors (Lipinski definition) is 2. The average Bonchev–Trinajstić information content (AvgIpc) is 2.59. The maximum Gasteiger partial charge on any atom is 0.224 e. The first-order chi connectivity index (χ1) is 12.5. The van der Waals surface area contributed by atoms with Crippen LogP contribution in [0.5, 0.6) is 11.5 Å². The topological polar surface area (TPSA) is 67.4 Å². The Labute approximate surface area is 154 Å². The number of rotatable bonds is 9. The third-order valence-corrected chi connectivity index (χ3v) is 3.82. The smallest absolute Gasteiger partial charge is 0.224 e. The highest BCUT2D eigenvalue weighted by Crippen LogP contribution is 2.23. The minimum absolute atomic E-state index is 0.00289. The molecule has 0 aliphatic rings. The Hall–Kier alpha value is -2.82. The summed E-state index contributed by atoms with van der Waals surface area (Å²) in [6.07, 6.45) is 3.08. The summed E-state index contributed by atoms with van der Waals surface area (Å²) in [4.78, 5) is 22.7. The lowest BCUT2D eigenvalue weighted by Gasteiger charge is -2.09. The van der Waals surface area contributed by atoms with Crippen molar-refractivity contribution in [1.82, 2.24) is 5.32 Å². The van der Waals surface area contributed by atoms with E-state index < -0.39 is 0 Å². The summed E-state index contributed by atoms with van der Waals surface area (Å²) in [5.41, 5.74) is 1.90. The van der Waals surface area contributed by atoms with Gasteiger partial charge in [0.15, 0.2) is 0 Å². The van der Waals surface area contributed by atoms with Crippen LogP contribution in [0.15, 0.2) is 48.5 Å². The Morgan fingerprint density at radius 1 is 0.962 bits per heavy atom. The van der Waals surface area contributed by atoms with E-state index in [1.165, 1.54) is 6.92 Å². The highest BCUT2D eigenvalue weighted by Gasteiger charge is 2.03. The van der Waals surface area contributed by atoms with Gasteiger partial charge in [-0.2, -0.15) is 0 Å². The maximum absolute atomic E-state index is 12.0. The van der Waals surface area contributed by atoms with Gasteiger partial charge in [0.25, 0.3) is 0 Å². The predicted octanol–water partition coefficient (Wildman–Crippen LogP) is 4.42. The van der Waals surface area contributed by atoms with Crippen LogP contribution < -0.4 is 15.4 Å². The van der Waals surface area contributed by atoms with Crippen LogP contribution >= 0.6 is 0 Å². The highest BCUT2D eigenvalue weighted by molar-refractivity contribution is 5.90. The van der Waals surface area contributed by atoms with Crippen molar-refractivity contribution in [3.63, 3.8) is 0 Å². The van der Waals surface area contributed by atoms with Gasteiger partial charge in [-0.3, -0.25) is 9.59 Å². The Morgan fingerprint density at radius 2 is 1.73 bits per heavy atom. The summed E-state index contributed by atoms with van der Waals surface area (Å²) in [6.45, 7) is 4.19. The Kier molecular flexibility index (Phi) is 7.68. The molecule has 138 valence electrons. The Morgan fingerprint density at radius 3 is 2.42 bits per heavy atom. The molecule has 0 radical (unpaired) electrons. The van der Waals surface area contributed by atoms with E-state index in [1.54, 1.807) is 0 Å². The number of hydrogen-bond acceptors (Lipinski definition) is 3. The minimum atomic E-state index is -0.0161. The minimum Gasteiger partial charge on any atom is -0.457 e. The van der Waals surface area contributed by atoms with E-state index in [0.717, 1.165) is 42.0 Å². The third kappa shape index (κ3) is 7.38. The van der Waals surface area contributed by atoms with Gasteiger partial charge >= 0.3 is 0 Å². The van der Waals surface area contributed by atoms with Crippen molar-refractivity contribution in [2.45, 2.75) is 39.5 Å². The van der Waals surface area contributed by atoms with Gasteiger partial charge in [0.1, 0.15) is 11.5 Å². The quantitative estimate of drug-likeness (QED) is 0.655. The summed E-state index contributed by atoms with van der Waals surface area (Å²) in [6, 6.07) is 15.2. The van der Waals surface area contributed by atoms with Gasteiger partial charge < -0.3 is 15.4 Å². The Bertz CT molecular complexity index is 726. The second-order valence-corrected chi connectivity index (χ2v) is 6.28. The molecule has 5 heteroatoms. The molecule has 2 N–H and O–H groups in total. The van der Waals surface area contributed by atoms with E-state index in [2.05, 4.69) is 10.6 Å². The highest BCUT2D eigenvalue weighted by atomic mass is 16.5. The lowest BCUT2D eigenvalue weighted by atomic mass is 10.2. The average molecular weight is 354 g/mol. The monoisotopic (exact) mass is 354 g/mol. The summed E-state index contributed by atoms with van der Waals surface area (Å²) in [5.74, 6) is 1.50. The van der Waals surface area contributed by atoms with E-state index in [4.69, 9.17) is 4.74 Å². The van der Waals surface area contributed by atoms with Gasteiger partial charge in [-0.15, -0.1) is 0 Å². The first-order valence-electron chi connectivity index (χ1n) is 8.92. The van der Waals surface area contributed by atoms with E-state index in [1.807, 2.05) is 55.5 Å². The molecular weight excluding hydrogens is 328 g/mol. The summed E-state index contributed by atoms with van der Waals surface area (Å²) in [5, 5.41) is 5.63. The number of amides is 2. The molecule has 0 saturated carbocycles. The van der Waals surface area contributed by atoms with Crippen molar-refractivity contribution in [3.05, 3.63) is 54.1 Å². The molecule has 0 aromatic heterocycles. The molecule has 0 aliphatic heterocycles. The molecule has 0 spiro atoms. The lowest BCUT2D eigenvalue weighted by molar-refractivity contribution is -0.119. The van der Waals surface area contributed by atoms with Crippen molar-refractivity contribution in [3.8, 4) is 11.5 Å². The first kappa shape index (κ1) is 19.5. The molecular formula is C21H26N2O3. The van der Waals surface area contributed by atoms with Crippen LogP contribution in [-0.4, -0.2) is 18.4 Å². The number of benzene rings is 2. The molecule has 2 amide bonds. The fourth-order valence-corrected chi connectivity index (χ4v) is 2.50. The molecule has 0 fully saturated rings. The van der Waals surface area contributed by atoms with Crippen molar-refractivity contribution in [2.24, 2.45) is 0 Å². The zero-order valence-electron chi connectivity index (χ0n) is 15.4. The molecule has 2 aromatic carbocycles. The van der Waals surface area contributed by atoms with Gasteiger partial charge in [-0.1, -0.05) is 18.6 Å². The molecule has 0 atom stereocenters. The van der Waals surface area contributed by atoms with Crippen molar-refractivity contribution >= 4 is 17.5 Å². The van der Waals surface area contributed by atoms with Crippen LogP contribution in [0, 0.1) is 6.92 Å². The summed E-state index contributed by atoms with van der Waals surface area (Å²) < 4.78 is 5.80. The second kappa shape index (κ2) is 10.2. The molecule has 0 heterocycles. The molecule has 5 nitrogen and oxygen atoms in total. The van der Waals surface area contributed by atoms with E-state index in [0.29, 0.717) is 13.0 Å². The standard InChI is InChI=1S/C21H26N2O3/c1-16-7-6-8-20(15-16)26-19-12-10-18(11-13-19)23-21(25)9-4-3-5-14-22-17(2)24/h6-8,10-13,15H,3-5,9,14H2,1-2H3,(H,22,24)(H,23,25). The van der Waals surface area contributed by atoms with Crippen molar-refractivity contribution in [2.75, 3.05) is 11.9 Å². The van der Waals surface area contributed by atoms with Crippen LogP contribution in [-0.2, 0) is 9.59 Å². The van der Waals surface area contributed by atoms with Gasteiger partial charge in [0.05, 0.1) is 0 Å². The van der Waals surface area contributed by atoms with Crippen LogP contribution in [0.2, 0.25) is 0 Å². The third-order valence-electron chi connectivity index (χ3n) is 3.82. The number of anilines is 1. The van der Waals surface area contributed by atoms with Gasteiger partial charge in [0, 0.05) is 25.6 Å². The first-order valence-corrected chi connectivity index (χ1v) is 8.92.